The van der Waals surface area contributed by atoms with Gasteiger partial charge in [0.05, 0.1) is 10.6 Å². The SMILES string of the molecule is CCCC(CCBr)CNC(=O)c1ccc(Br)cc1Cl. The second kappa shape index (κ2) is 8.98. The summed E-state index contributed by atoms with van der Waals surface area (Å²) in [5, 5.41) is 4.41. The van der Waals surface area contributed by atoms with Crippen LogP contribution in [0.1, 0.15) is 36.5 Å². The Balaban J connectivity index is 2.58. The van der Waals surface area contributed by atoms with E-state index in [0.717, 1.165) is 29.1 Å². The lowest BCUT2D eigenvalue weighted by atomic mass is 10.0. The third kappa shape index (κ3) is 5.84. The van der Waals surface area contributed by atoms with E-state index in [9.17, 15) is 4.79 Å². The Morgan fingerprint density at radius 1 is 1.42 bits per heavy atom. The number of nitrogens with one attached hydrogen (secondary N) is 1. The van der Waals surface area contributed by atoms with Gasteiger partial charge < -0.3 is 5.32 Å². The number of carbonyl (C=O) groups excluding carboxylic acids is 1. The van der Waals surface area contributed by atoms with Crippen LogP contribution in [0.4, 0.5) is 0 Å². The molecule has 1 N–H and O–H groups in total. The van der Waals surface area contributed by atoms with Crippen molar-refractivity contribution in [1.29, 1.82) is 0 Å². The molecule has 0 aliphatic carbocycles. The van der Waals surface area contributed by atoms with Gasteiger partial charge >= 0.3 is 0 Å². The summed E-state index contributed by atoms with van der Waals surface area (Å²) in [5.74, 6) is 0.413. The number of hydrogen-bond donors (Lipinski definition) is 1. The molecule has 1 unspecified atom stereocenters. The van der Waals surface area contributed by atoms with Gasteiger partial charge in [0.15, 0.2) is 0 Å². The quantitative estimate of drug-likeness (QED) is 0.626. The van der Waals surface area contributed by atoms with Crippen molar-refractivity contribution in [3.63, 3.8) is 0 Å². The fourth-order valence-electron chi connectivity index (χ4n) is 1.92. The Kier molecular flexibility index (Phi) is 8.03. The fraction of sp³-hybridized carbons (Fsp3) is 0.500. The number of carbonyl (C=O) groups is 1. The predicted molar refractivity (Wildman–Crippen MR) is 88.3 cm³/mol. The fourth-order valence-corrected chi connectivity index (χ4v) is 3.32. The summed E-state index contributed by atoms with van der Waals surface area (Å²) >= 11 is 12.8. The van der Waals surface area contributed by atoms with Crippen LogP contribution in [0, 0.1) is 5.92 Å². The summed E-state index contributed by atoms with van der Waals surface area (Å²) in [6.45, 7) is 2.86. The molecule has 1 rings (SSSR count). The zero-order valence-corrected chi connectivity index (χ0v) is 14.8. The predicted octanol–water partition coefficient (Wildman–Crippen LogP) is 5.03. The van der Waals surface area contributed by atoms with Crippen molar-refractivity contribution in [2.45, 2.75) is 26.2 Å². The topological polar surface area (TPSA) is 29.1 Å². The van der Waals surface area contributed by atoms with E-state index in [0.29, 0.717) is 23.0 Å². The van der Waals surface area contributed by atoms with Crippen LogP contribution in [-0.4, -0.2) is 17.8 Å². The molecule has 2 nitrogen and oxygen atoms in total. The van der Waals surface area contributed by atoms with Gasteiger partial charge in [0, 0.05) is 16.3 Å². The second-order valence-electron chi connectivity index (χ2n) is 4.47. The Bertz CT molecular complexity index is 420. The lowest BCUT2D eigenvalue weighted by molar-refractivity contribution is 0.0946. The molecule has 0 aliphatic rings. The third-order valence-corrected chi connectivity index (χ3v) is 4.21. The molecule has 0 heterocycles. The second-order valence-corrected chi connectivity index (χ2v) is 6.58. The van der Waals surface area contributed by atoms with Crippen LogP contribution in [0.15, 0.2) is 22.7 Å². The molecule has 0 aromatic heterocycles. The summed E-state index contributed by atoms with van der Waals surface area (Å²) in [5.41, 5.74) is 0.527. The molecule has 1 amide bonds. The number of halogens is 3. The van der Waals surface area contributed by atoms with Crippen LogP contribution < -0.4 is 5.32 Å². The Morgan fingerprint density at radius 2 is 2.16 bits per heavy atom. The Morgan fingerprint density at radius 3 is 2.74 bits per heavy atom. The minimum Gasteiger partial charge on any atom is -0.352 e. The molecule has 1 aromatic carbocycles. The summed E-state index contributed by atoms with van der Waals surface area (Å²) in [4.78, 5) is 12.1. The molecule has 1 atom stereocenters. The lowest BCUT2D eigenvalue weighted by Gasteiger charge is -2.16. The first kappa shape index (κ1) is 17.0. The molecule has 5 heteroatoms. The molecule has 0 saturated carbocycles. The van der Waals surface area contributed by atoms with Crippen LogP contribution in [0.3, 0.4) is 0 Å². The van der Waals surface area contributed by atoms with E-state index in [1.165, 1.54) is 0 Å². The first-order chi connectivity index (χ1) is 9.08. The molecule has 19 heavy (non-hydrogen) atoms. The third-order valence-electron chi connectivity index (χ3n) is 2.94. The first-order valence-electron chi connectivity index (χ1n) is 6.37. The number of rotatable bonds is 7. The van der Waals surface area contributed by atoms with E-state index in [4.69, 9.17) is 11.6 Å². The average Bonchev–Trinajstić information content (AvgIpc) is 2.36. The number of alkyl halides is 1. The van der Waals surface area contributed by atoms with Crippen molar-refractivity contribution in [3.8, 4) is 0 Å². The highest BCUT2D eigenvalue weighted by molar-refractivity contribution is 9.10. The maximum Gasteiger partial charge on any atom is 0.252 e. The number of benzene rings is 1. The van der Waals surface area contributed by atoms with Gasteiger partial charge in [-0.3, -0.25) is 4.79 Å². The number of amides is 1. The van der Waals surface area contributed by atoms with E-state index in [1.807, 2.05) is 6.07 Å². The molecule has 106 valence electrons. The standard InChI is InChI=1S/C14H18Br2ClNO/c1-2-3-10(6-7-15)9-18-14(19)12-5-4-11(16)8-13(12)17/h4-5,8,10H,2-3,6-7,9H2,1H3,(H,18,19). The van der Waals surface area contributed by atoms with Crippen molar-refractivity contribution < 1.29 is 4.79 Å². The van der Waals surface area contributed by atoms with Crippen molar-refractivity contribution >= 4 is 49.4 Å². The van der Waals surface area contributed by atoms with E-state index < -0.39 is 0 Å². The van der Waals surface area contributed by atoms with Crippen LogP contribution in [0.25, 0.3) is 0 Å². The lowest BCUT2D eigenvalue weighted by Crippen LogP contribution is -2.29. The van der Waals surface area contributed by atoms with Gasteiger partial charge in [-0.2, -0.15) is 0 Å². The molecular weight excluding hydrogens is 393 g/mol. The zero-order chi connectivity index (χ0) is 14.3. The van der Waals surface area contributed by atoms with Crippen LogP contribution in [0.5, 0.6) is 0 Å². The summed E-state index contributed by atoms with van der Waals surface area (Å²) < 4.78 is 0.872. The molecular formula is C14H18Br2ClNO. The van der Waals surface area contributed by atoms with Crippen molar-refractivity contribution in [2.75, 3.05) is 11.9 Å². The van der Waals surface area contributed by atoms with Crippen LogP contribution in [0.2, 0.25) is 5.02 Å². The highest BCUT2D eigenvalue weighted by Crippen LogP contribution is 2.21. The van der Waals surface area contributed by atoms with Gasteiger partial charge in [-0.05, 0) is 37.0 Å². The van der Waals surface area contributed by atoms with E-state index in [2.05, 4.69) is 44.1 Å². The number of hydrogen-bond acceptors (Lipinski definition) is 1. The monoisotopic (exact) mass is 409 g/mol. The minimum atomic E-state index is -0.104. The molecule has 0 aliphatic heterocycles. The molecule has 0 radical (unpaired) electrons. The van der Waals surface area contributed by atoms with Crippen LogP contribution >= 0.6 is 43.5 Å². The van der Waals surface area contributed by atoms with E-state index in [-0.39, 0.29) is 5.91 Å². The van der Waals surface area contributed by atoms with E-state index >= 15 is 0 Å². The molecule has 0 bridgehead atoms. The maximum atomic E-state index is 12.1. The summed E-state index contributed by atoms with van der Waals surface area (Å²) in [6.07, 6.45) is 3.33. The van der Waals surface area contributed by atoms with Gasteiger partial charge in [-0.1, -0.05) is 56.8 Å². The maximum absolute atomic E-state index is 12.1. The Labute approximate surface area is 136 Å². The molecule has 1 aromatic rings. The highest BCUT2D eigenvalue weighted by Gasteiger charge is 2.13. The van der Waals surface area contributed by atoms with Crippen molar-refractivity contribution in [2.24, 2.45) is 5.92 Å². The first-order valence-corrected chi connectivity index (χ1v) is 8.67. The smallest absolute Gasteiger partial charge is 0.252 e. The van der Waals surface area contributed by atoms with Gasteiger partial charge in [0.2, 0.25) is 0 Å². The molecule has 0 fully saturated rings. The van der Waals surface area contributed by atoms with Gasteiger partial charge in [-0.15, -0.1) is 0 Å². The largest absolute Gasteiger partial charge is 0.352 e. The average molecular weight is 412 g/mol. The van der Waals surface area contributed by atoms with Crippen molar-refractivity contribution in [1.82, 2.24) is 5.32 Å². The van der Waals surface area contributed by atoms with Crippen LogP contribution in [-0.2, 0) is 0 Å². The minimum absolute atomic E-state index is 0.104. The van der Waals surface area contributed by atoms with Crippen molar-refractivity contribution in [3.05, 3.63) is 33.3 Å². The van der Waals surface area contributed by atoms with E-state index in [1.54, 1.807) is 12.1 Å². The summed E-state index contributed by atoms with van der Waals surface area (Å²) in [7, 11) is 0. The summed E-state index contributed by atoms with van der Waals surface area (Å²) in [6, 6.07) is 5.29. The molecule has 0 saturated heterocycles. The highest BCUT2D eigenvalue weighted by atomic mass is 79.9. The van der Waals surface area contributed by atoms with Gasteiger partial charge in [0.1, 0.15) is 0 Å². The Hall–Kier alpha value is -0.0600. The van der Waals surface area contributed by atoms with Gasteiger partial charge in [-0.25, -0.2) is 0 Å². The molecule has 0 spiro atoms. The zero-order valence-electron chi connectivity index (χ0n) is 10.9. The van der Waals surface area contributed by atoms with Gasteiger partial charge in [0.25, 0.3) is 5.91 Å². The normalized spacial score (nSPS) is 12.2.